The Kier molecular flexibility index (Phi) is 5.72. The summed E-state index contributed by atoms with van der Waals surface area (Å²) in [5.41, 5.74) is 14.1. The van der Waals surface area contributed by atoms with E-state index in [9.17, 15) is 0 Å². The molecular weight excluding hydrogens is 446 g/mol. The van der Waals surface area contributed by atoms with Gasteiger partial charge in [-0.05, 0) is 102 Å². The summed E-state index contributed by atoms with van der Waals surface area (Å²) in [6.07, 6.45) is 0. The minimum atomic E-state index is 0.476. The van der Waals surface area contributed by atoms with Crippen LogP contribution >= 0.6 is 0 Å². The second-order valence-electron chi connectivity index (χ2n) is 10.7. The summed E-state index contributed by atoms with van der Waals surface area (Å²) >= 11 is 0. The second kappa shape index (κ2) is 9.09. The number of nitrogens with zero attached hydrogens (tertiary/aromatic N) is 1. The average molecular weight is 480 g/mol. The van der Waals surface area contributed by atoms with Crippen molar-refractivity contribution in [1.29, 1.82) is 0 Å². The number of hydrogen-bond acceptors (Lipinski definition) is 0. The average Bonchev–Trinajstić information content (AvgIpc) is 3.22. The molecule has 0 spiro atoms. The predicted molar refractivity (Wildman–Crippen MR) is 160 cm³/mol. The first-order chi connectivity index (χ1) is 17.9. The highest BCUT2D eigenvalue weighted by Gasteiger charge is 2.15. The zero-order chi connectivity index (χ0) is 25.7. The van der Waals surface area contributed by atoms with Gasteiger partial charge in [0.05, 0.1) is 11.0 Å². The van der Waals surface area contributed by atoms with Crippen molar-refractivity contribution in [3.05, 3.63) is 125 Å². The van der Waals surface area contributed by atoms with Crippen LogP contribution in [-0.4, -0.2) is 4.57 Å². The standard InChI is InChI=1S/C36H33N/c1-23(2)30-10-6-7-11-31(30)34-21-27(15-14-26(34)5)28-16-17-33-32-12-8-9-13-35(32)37(36(33)22-28)29-19-24(3)18-25(4)20-29/h6-23H,1-5H3. The molecule has 182 valence electrons. The normalized spacial score (nSPS) is 11.6. The lowest BCUT2D eigenvalue weighted by Crippen LogP contribution is -1.96. The van der Waals surface area contributed by atoms with Crippen LogP contribution in [0.4, 0.5) is 0 Å². The van der Waals surface area contributed by atoms with Crippen LogP contribution in [0.15, 0.2) is 103 Å². The molecule has 0 saturated heterocycles. The maximum absolute atomic E-state index is 2.43. The van der Waals surface area contributed by atoms with Gasteiger partial charge in [-0.3, -0.25) is 0 Å². The van der Waals surface area contributed by atoms with Gasteiger partial charge in [0, 0.05) is 16.5 Å². The molecule has 0 fully saturated rings. The number of fused-ring (bicyclic) bond motifs is 3. The Morgan fingerprint density at radius 2 is 1.19 bits per heavy atom. The summed E-state index contributed by atoms with van der Waals surface area (Å²) in [5, 5.41) is 2.58. The molecule has 0 bridgehead atoms. The van der Waals surface area contributed by atoms with E-state index in [1.807, 2.05) is 0 Å². The zero-order valence-electron chi connectivity index (χ0n) is 22.3. The summed E-state index contributed by atoms with van der Waals surface area (Å²) < 4.78 is 2.43. The van der Waals surface area contributed by atoms with E-state index in [-0.39, 0.29) is 0 Å². The first kappa shape index (κ1) is 23.3. The maximum Gasteiger partial charge on any atom is 0.0547 e. The largest absolute Gasteiger partial charge is 0.309 e. The summed E-state index contributed by atoms with van der Waals surface area (Å²) in [6, 6.07) is 38.3. The molecule has 0 saturated carbocycles. The molecule has 37 heavy (non-hydrogen) atoms. The van der Waals surface area contributed by atoms with Crippen LogP contribution in [0.5, 0.6) is 0 Å². The van der Waals surface area contributed by atoms with E-state index in [1.165, 1.54) is 72.0 Å². The van der Waals surface area contributed by atoms with E-state index in [0.717, 1.165) is 0 Å². The maximum atomic E-state index is 2.43. The van der Waals surface area contributed by atoms with Crippen molar-refractivity contribution < 1.29 is 0 Å². The summed E-state index contributed by atoms with van der Waals surface area (Å²) in [5.74, 6) is 0.476. The molecule has 1 heteroatoms. The van der Waals surface area contributed by atoms with Gasteiger partial charge < -0.3 is 4.57 Å². The monoisotopic (exact) mass is 479 g/mol. The van der Waals surface area contributed by atoms with E-state index in [1.54, 1.807) is 0 Å². The number of aromatic nitrogens is 1. The molecule has 6 aromatic rings. The van der Waals surface area contributed by atoms with Gasteiger partial charge in [-0.2, -0.15) is 0 Å². The Morgan fingerprint density at radius 1 is 0.541 bits per heavy atom. The molecule has 0 aliphatic carbocycles. The third kappa shape index (κ3) is 4.05. The van der Waals surface area contributed by atoms with Crippen LogP contribution in [0, 0.1) is 20.8 Å². The van der Waals surface area contributed by atoms with Crippen LogP contribution < -0.4 is 0 Å². The molecule has 0 atom stereocenters. The molecule has 0 aliphatic heterocycles. The fraction of sp³-hybridized carbons (Fsp3) is 0.167. The highest BCUT2D eigenvalue weighted by molar-refractivity contribution is 6.10. The van der Waals surface area contributed by atoms with Crippen LogP contribution in [-0.2, 0) is 0 Å². The number of aryl methyl sites for hydroxylation is 3. The first-order valence-electron chi connectivity index (χ1n) is 13.2. The van der Waals surface area contributed by atoms with E-state index in [0.29, 0.717) is 5.92 Å². The minimum Gasteiger partial charge on any atom is -0.309 e. The molecule has 0 radical (unpaired) electrons. The van der Waals surface area contributed by atoms with Gasteiger partial charge in [-0.1, -0.05) is 86.6 Å². The van der Waals surface area contributed by atoms with Gasteiger partial charge in [0.1, 0.15) is 0 Å². The number of hydrogen-bond donors (Lipinski definition) is 0. The van der Waals surface area contributed by atoms with Crippen molar-refractivity contribution in [2.75, 3.05) is 0 Å². The lowest BCUT2D eigenvalue weighted by molar-refractivity contribution is 0.869. The van der Waals surface area contributed by atoms with Crippen molar-refractivity contribution in [3.63, 3.8) is 0 Å². The van der Waals surface area contributed by atoms with Gasteiger partial charge in [0.25, 0.3) is 0 Å². The third-order valence-electron chi connectivity index (χ3n) is 7.58. The van der Waals surface area contributed by atoms with Crippen LogP contribution in [0.1, 0.15) is 42.0 Å². The van der Waals surface area contributed by atoms with Crippen LogP contribution in [0.3, 0.4) is 0 Å². The van der Waals surface area contributed by atoms with E-state index in [4.69, 9.17) is 0 Å². The number of rotatable bonds is 4. The fourth-order valence-electron chi connectivity index (χ4n) is 5.85. The lowest BCUT2D eigenvalue weighted by atomic mass is 9.89. The Hall–Kier alpha value is -4.10. The molecule has 0 aliphatic rings. The van der Waals surface area contributed by atoms with Gasteiger partial charge in [0.15, 0.2) is 0 Å². The molecule has 0 amide bonds. The molecule has 5 aromatic carbocycles. The van der Waals surface area contributed by atoms with Crippen molar-refractivity contribution >= 4 is 21.8 Å². The Balaban J connectivity index is 1.58. The molecule has 0 N–H and O–H groups in total. The Labute approximate surface area is 220 Å². The van der Waals surface area contributed by atoms with Gasteiger partial charge in [-0.25, -0.2) is 0 Å². The highest BCUT2D eigenvalue weighted by Crippen LogP contribution is 2.38. The number of benzene rings is 5. The fourth-order valence-corrected chi connectivity index (χ4v) is 5.85. The molecule has 6 rings (SSSR count). The quantitative estimate of drug-likeness (QED) is 0.237. The van der Waals surface area contributed by atoms with Gasteiger partial charge in [0.2, 0.25) is 0 Å². The Bertz CT molecular complexity index is 1760. The molecule has 1 heterocycles. The van der Waals surface area contributed by atoms with Crippen LogP contribution in [0.2, 0.25) is 0 Å². The SMILES string of the molecule is Cc1cc(C)cc(-n2c3ccccc3c3ccc(-c4ccc(C)c(-c5ccccc5C(C)C)c4)cc32)c1. The number of para-hydroxylation sites is 1. The summed E-state index contributed by atoms with van der Waals surface area (Å²) in [6.45, 7) is 11.1. The summed E-state index contributed by atoms with van der Waals surface area (Å²) in [4.78, 5) is 0. The van der Waals surface area contributed by atoms with Crippen LogP contribution in [0.25, 0.3) is 49.7 Å². The summed E-state index contributed by atoms with van der Waals surface area (Å²) in [7, 11) is 0. The Morgan fingerprint density at radius 3 is 1.97 bits per heavy atom. The van der Waals surface area contributed by atoms with E-state index >= 15 is 0 Å². The lowest BCUT2D eigenvalue weighted by Gasteiger charge is -2.16. The highest BCUT2D eigenvalue weighted by atomic mass is 15.0. The zero-order valence-corrected chi connectivity index (χ0v) is 22.3. The second-order valence-corrected chi connectivity index (χ2v) is 10.7. The van der Waals surface area contributed by atoms with Crippen molar-refractivity contribution in [2.24, 2.45) is 0 Å². The molecule has 1 aromatic heterocycles. The van der Waals surface area contributed by atoms with Crippen molar-refractivity contribution in [1.82, 2.24) is 4.57 Å². The third-order valence-corrected chi connectivity index (χ3v) is 7.58. The smallest absolute Gasteiger partial charge is 0.0547 e. The van der Waals surface area contributed by atoms with Crippen molar-refractivity contribution in [2.45, 2.75) is 40.5 Å². The molecular formula is C36H33N. The topological polar surface area (TPSA) is 4.93 Å². The molecule has 0 unspecified atom stereocenters. The van der Waals surface area contributed by atoms with Gasteiger partial charge >= 0.3 is 0 Å². The van der Waals surface area contributed by atoms with Crippen molar-refractivity contribution in [3.8, 4) is 27.9 Å². The van der Waals surface area contributed by atoms with E-state index < -0.39 is 0 Å². The first-order valence-corrected chi connectivity index (χ1v) is 13.2. The van der Waals surface area contributed by atoms with Gasteiger partial charge in [-0.15, -0.1) is 0 Å². The van der Waals surface area contributed by atoms with E-state index in [2.05, 4.69) is 142 Å². The molecule has 1 nitrogen and oxygen atoms in total. The predicted octanol–water partition coefficient (Wildman–Crippen LogP) is 10.2. The minimum absolute atomic E-state index is 0.476.